The number of fused-ring (bicyclic) bond motifs is 1. The average Bonchev–Trinajstić information content (AvgIpc) is 3.24. The average molecular weight is 463 g/mol. The van der Waals surface area contributed by atoms with Gasteiger partial charge < -0.3 is 14.2 Å². The first-order valence-corrected chi connectivity index (χ1v) is 11.6. The molecule has 0 aliphatic heterocycles. The van der Waals surface area contributed by atoms with Crippen molar-refractivity contribution in [3.8, 4) is 16.9 Å². The molecule has 4 aromatic rings. The molecule has 0 N–H and O–H groups in total. The highest BCUT2D eigenvalue weighted by molar-refractivity contribution is 5.99. The summed E-state index contributed by atoms with van der Waals surface area (Å²) in [5.41, 5.74) is 4.33. The summed E-state index contributed by atoms with van der Waals surface area (Å²) in [6, 6.07) is 17.7. The second-order valence-electron chi connectivity index (χ2n) is 8.15. The third kappa shape index (κ3) is 4.67. The van der Waals surface area contributed by atoms with Gasteiger partial charge in [0.1, 0.15) is 5.75 Å². The maximum atomic E-state index is 14.2. The van der Waals surface area contributed by atoms with Crippen LogP contribution in [0, 0.1) is 11.6 Å². The number of halogens is 2. The SMILES string of the molecule is CCc1ccc(Cn2ccc3c(-c4ccc(F)c(F)c4)c(OC(=O)N(CC)CC)ccc32)cc1. The molecule has 0 aliphatic rings. The molecular weight excluding hydrogens is 434 g/mol. The normalized spacial score (nSPS) is 11.1. The van der Waals surface area contributed by atoms with E-state index in [0.29, 0.717) is 36.5 Å². The fourth-order valence-corrected chi connectivity index (χ4v) is 4.14. The second kappa shape index (κ2) is 10.1. The lowest BCUT2D eigenvalue weighted by Gasteiger charge is -2.20. The van der Waals surface area contributed by atoms with E-state index in [2.05, 4.69) is 35.8 Å². The summed E-state index contributed by atoms with van der Waals surface area (Å²) in [6.07, 6.45) is 2.46. The van der Waals surface area contributed by atoms with Crippen LogP contribution in [-0.4, -0.2) is 28.6 Å². The third-order valence-electron chi connectivity index (χ3n) is 6.13. The van der Waals surface area contributed by atoms with E-state index in [1.807, 2.05) is 32.2 Å². The quantitative estimate of drug-likeness (QED) is 0.295. The van der Waals surface area contributed by atoms with E-state index in [-0.39, 0.29) is 0 Å². The highest BCUT2D eigenvalue weighted by Crippen LogP contribution is 2.38. The van der Waals surface area contributed by atoms with Crippen LogP contribution in [-0.2, 0) is 13.0 Å². The monoisotopic (exact) mass is 462 g/mol. The number of carbonyl (C=O) groups is 1. The molecule has 176 valence electrons. The molecule has 0 saturated carbocycles. The molecule has 1 aromatic heterocycles. The van der Waals surface area contributed by atoms with E-state index >= 15 is 0 Å². The van der Waals surface area contributed by atoms with Crippen LogP contribution in [0.4, 0.5) is 13.6 Å². The molecule has 0 fully saturated rings. The van der Waals surface area contributed by atoms with Crippen molar-refractivity contribution in [2.24, 2.45) is 0 Å². The van der Waals surface area contributed by atoms with Crippen molar-refractivity contribution in [2.75, 3.05) is 13.1 Å². The lowest BCUT2D eigenvalue weighted by molar-refractivity contribution is 0.157. The number of benzene rings is 3. The van der Waals surface area contributed by atoms with Gasteiger partial charge >= 0.3 is 6.09 Å². The maximum Gasteiger partial charge on any atom is 0.415 e. The van der Waals surface area contributed by atoms with E-state index in [1.165, 1.54) is 11.6 Å². The van der Waals surface area contributed by atoms with Crippen LogP contribution in [0.1, 0.15) is 31.9 Å². The Labute approximate surface area is 198 Å². The Morgan fingerprint density at radius 2 is 1.59 bits per heavy atom. The summed E-state index contributed by atoms with van der Waals surface area (Å²) in [7, 11) is 0. The Morgan fingerprint density at radius 1 is 0.882 bits per heavy atom. The van der Waals surface area contributed by atoms with Gasteiger partial charge in [-0.25, -0.2) is 13.6 Å². The van der Waals surface area contributed by atoms with Crippen molar-refractivity contribution in [3.63, 3.8) is 0 Å². The minimum Gasteiger partial charge on any atom is -0.410 e. The molecule has 0 saturated heterocycles. The van der Waals surface area contributed by atoms with Crippen LogP contribution in [0.3, 0.4) is 0 Å². The predicted octanol–water partition coefficient (Wildman–Crippen LogP) is 7.04. The molecule has 0 unspecified atom stereocenters. The minimum atomic E-state index is -0.953. The van der Waals surface area contributed by atoms with Crippen molar-refractivity contribution < 1.29 is 18.3 Å². The number of nitrogens with zero attached hydrogens (tertiary/aromatic N) is 2. The van der Waals surface area contributed by atoms with Crippen molar-refractivity contribution in [1.29, 1.82) is 0 Å². The highest BCUT2D eigenvalue weighted by atomic mass is 19.2. The highest BCUT2D eigenvalue weighted by Gasteiger charge is 2.20. The van der Waals surface area contributed by atoms with E-state index < -0.39 is 17.7 Å². The number of ether oxygens (including phenoxy) is 1. The van der Waals surface area contributed by atoms with Gasteiger partial charge in [0.15, 0.2) is 11.6 Å². The minimum absolute atomic E-state index is 0.306. The van der Waals surface area contributed by atoms with E-state index in [4.69, 9.17) is 4.74 Å². The van der Waals surface area contributed by atoms with Crippen LogP contribution in [0.25, 0.3) is 22.0 Å². The summed E-state index contributed by atoms with van der Waals surface area (Å²) in [6.45, 7) is 7.54. The van der Waals surface area contributed by atoms with Crippen LogP contribution in [0.2, 0.25) is 0 Å². The summed E-state index contributed by atoms with van der Waals surface area (Å²) >= 11 is 0. The number of amides is 1. The molecule has 1 amide bonds. The van der Waals surface area contributed by atoms with Crippen molar-refractivity contribution in [1.82, 2.24) is 9.47 Å². The number of carbonyl (C=O) groups excluding carboxylic acids is 1. The molecule has 4 nitrogen and oxygen atoms in total. The third-order valence-corrected chi connectivity index (χ3v) is 6.13. The second-order valence-corrected chi connectivity index (χ2v) is 8.15. The van der Waals surface area contributed by atoms with Crippen molar-refractivity contribution in [2.45, 2.75) is 33.7 Å². The molecule has 0 radical (unpaired) electrons. The first-order valence-electron chi connectivity index (χ1n) is 11.6. The fraction of sp³-hybridized carbons (Fsp3) is 0.250. The molecule has 0 aliphatic carbocycles. The summed E-state index contributed by atoms with van der Waals surface area (Å²) in [4.78, 5) is 14.2. The molecule has 0 bridgehead atoms. The number of rotatable bonds is 7. The zero-order chi connectivity index (χ0) is 24.2. The van der Waals surface area contributed by atoms with E-state index in [9.17, 15) is 13.6 Å². The van der Waals surface area contributed by atoms with Gasteiger partial charge in [-0.2, -0.15) is 0 Å². The largest absolute Gasteiger partial charge is 0.415 e. The Balaban J connectivity index is 1.80. The van der Waals surface area contributed by atoms with E-state index in [1.54, 1.807) is 11.0 Å². The van der Waals surface area contributed by atoms with Crippen LogP contribution >= 0.6 is 0 Å². The number of aryl methyl sites for hydroxylation is 1. The number of aromatic nitrogens is 1. The molecule has 3 aromatic carbocycles. The molecule has 0 atom stereocenters. The summed E-state index contributed by atoms with van der Waals surface area (Å²) in [5.74, 6) is -1.57. The first kappa shape index (κ1) is 23.5. The van der Waals surface area contributed by atoms with Crippen LogP contribution in [0.15, 0.2) is 66.9 Å². The van der Waals surface area contributed by atoms with E-state index in [0.717, 1.165) is 35.0 Å². The smallest absolute Gasteiger partial charge is 0.410 e. The Kier molecular flexibility index (Phi) is 6.96. The fourth-order valence-electron chi connectivity index (χ4n) is 4.14. The number of hydrogen-bond acceptors (Lipinski definition) is 2. The maximum absolute atomic E-state index is 14.2. The molecule has 4 rings (SSSR count). The summed E-state index contributed by atoms with van der Waals surface area (Å²) < 4.78 is 35.7. The molecule has 0 spiro atoms. The van der Waals surface area contributed by atoms with Gasteiger partial charge in [0.25, 0.3) is 0 Å². The standard InChI is InChI=1S/C28H28F2N2O2/c1-4-19-7-9-20(10-8-19)18-32-16-15-22-25(32)13-14-26(34-28(33)31(5-2)6-3)27(22)21-11-12-23(29)24(30)17-21/h7-17H,4-6,18H2,1-3H3. The van der Waals surface area contributed by atoms with Gasteiger partial charge in [-0.3, -0.25) is 0 Å². The lowest BCUT2D eigenvalue weighted by atomic mass is 10.00. The van der Waals surface area contributed by atoms with Crippen LogP contribution in [0.5, 0.6) is 5.75 Å². The van der Waals surface area contributed by atoms with Gasteiger partial charge in [-0.15, -0.1) is 0 Å². The van der Waals surface area contributed by atoms with Gasteiger partial charge in [-0.1, -0.05) is 37.3 Å². The van der Waals surface area contributed by atoms with Crippen LogP contribution < -0.4 is 4.74 Å². The van der Waals surface area contributed by atoms with Gasteiger partial charge in [0.2, 0.25) is 0 Å². The first-order chi connectivity index (χ1) is 16.4. The Bertz CT molecular complexity index is 1310. The van der Waals surface area contributed by atoms with Gasteiger partial charge in [-0.05, 0) is 67.3 Å². The lowest BCUT2D eigenvalue weighted by Crippen LogP contribution is -2.33. The Hall–Kier alpha value is -3.67. The Morgan fingerprint density at radius 3 is 2.24 bits per heavy atom. The molecular formula is C28H28F2N2O2. The van der Waals surface area contributed by atoms with Crippen molar-refractivity contribution >= 4 is 17.0 Å². The van der Waals surface area contributed by atoms with Gasteiger partial charge in [0, 0.05) is 42.3 Å². The molecule has 6 heteroatoms. The zero-order valence-electron chi connectivity index (χ0n) is 19.6. The molecule has 34 heavy (non-hydrogen) atoms. The topological polar surface area (TPSA) is 34.5 Å². The van der Waals surface area contributed by atoms with Crippen molar-refractivity contribution in [3.05, 3.63) is 89.6 Å². The molecule has 1 heterocycles. The predicted molar refractivity (Wildman–Crippen MR) is 131 cm³/mol. The van der Waals surface area contributed by atoms with Gasteiger partial charge in [0.05, 0.1) is 0 Å². The zero-order valence-corrected chi connectivity index (χ0v) is 19.6. The number of hydrogen-bond donors (Lipinski definition) is 0. The summed E-state index contributed by atoms with van der Waals surface area (Å²) in [5, 5.41) is 0.793.